The lowest BCUT2D eigenvalue weighted by Gasteiger charge is -2.01. The molecule has 0 saturated carbocycles. The van der Waals surface area contributed by atoms with Crippen molar-refractivity contribution in [2.75, 3.05) is 0 Å². The average Bonchev–Trinajstić information content (AvgIpc) is 2.07. The largest absolute Gasteiger partial charge is 0.504 e. The van der Waals surface area contributed by atoms with Crippen molar-refractivity contribution in [1.82, 2.24) is 5.32 Å². The predicted octanol–water partition coefficient (Wildman–Crippen LogP) is 0.344. The van der Waals surface area contributed by atoms with Crippen molar-refractivity contribution in [3.8, 4) is 11.5 Å². The fourth-order valence-corrected chi connectivity index (χ4v) is 0.838. The summed E-state index contributed by atoms with van der Waals surface area (Å²) in [5, 5.41) is 20.4. The predicted molar refractivity (Wildman–Crippen MR) is 42.7 cm³/mol. The van der Waals surface area contributed by atoms with Crippen LogP contribution in [0, 0.1) is 0 Å². The number of phenolic OH excluding ortho intramolecular Hbond substituents is 2. The first-order valence-electron chi connectivity index (χ1n) is 3.42. The zero-order valence-electron chi connectivity index (χ0n) is 6.32. The Hall–Kier alpha value is -1.71. The topological polar surface area (TPSA) is 69.6 Å². The number of hydrogen-bond acceptors (Lipinski definition) is 3. The molecule has 0 aliphatic rings. The van der Waals surface area contributed by atoms with Gasteiger partial charge in [-0.15, -0.1) is 0 Å². The number of rotatable bonds is 3. The van der Waals surface area contributed by atoms with Crippen LogP contribution in [-0.4, -0.2) is 16.6 Å². The third kappa shape index (κ3) is 1.88. The lowest BCUT2D eigenvalue weighted by atomic mass is 10.2. The molecule has 1 aromatic carbocycles. The van der Waals surface area contributed by atoms with Crippen LogP contribution in [0.5, 0.6) is 11.5 Å². The van der Waals surface area contributed by atoms with Crippen molar-refractivity contribution in [2.45, 2.75) is 6.54 Å². The van der Waals surface area contributed by atoms with Crippen LogP contribution in [0.15, 0.2) is 18.2 Å². The van der Waals surface area contributed by atoms with Crippen molar-refractivity contribution in [3.05, 3.63) is 23.8 Å². The standard InChI is InChI=1S/C8H9NO3/c10-5-9-4-6-1-2-7(11)8(12)3-6/h1-3,5,11-12H,4H2,(H,9,10). The van der Waals surface area contributed by atoms with Gasteiger partial charge in [0.05, 0.1) is 0 Å². The average molecular weight is 167 g/mol. The van der Waals surface area contributed by atoms with Gasteiger partial charge in [0.2, 0.25) is 6.41 Å². The number of carbonyl (C=O) groups excluding carboxylic acids is 1. The first-order chi connectivity index (χ1) is 5.74. The second-order valence-electron chi connectivity index (χ2n) is 2.32. The molecule has 0 aliphatic heterocycles. The molecule has 1 rings (SSSR count). The van der Waals surface area contributed by atoms with E-state index >= 15 is 0 Å². The molecule has 1 amide bonds. The van der Waals surface area contributed by atoms with Gasteiger partial charge in [0, 0.05) is 6.54 Å². The van der Waals surface area contributed by atoms with E-state index in [0.717, 1.165) is 5.56 Å². The van der Waals surface area contributed by atoms with Crippen LogP contribution in [0.3, 0.4) is 0 Å². The summed E-state index contributed by atoms with van der Waals surface area (Å²) in [6.07, 6.45) is 0.573. The Labute approximate surface area is 69.5 Å². The zero-order valence-corrected chi connectivity index (χ0v) is 6.32. The van der Waals surface area contributed by atoms with E-state index in [0.29, 0.717) is 13.0 Å². The number of benzene rings is 1. The van der Waals surface area contributed by atoms with Gasteiger partial charge < -0.3 is 15.5 Å². The summed E-state index contributed by atoms with van der Waals surface area (Å²) in [7, 11) is 0. The first-order valence-corrected chi connectivity index (χ1v) is 3.42. The van der Waals surface area contributed by atoms with E-state index in [2.05, 4.69) is 5.32 Å². The summed E-state index contributed by atoms with van der Waals surface area (Å²) in [6.45, 7) is 0.345. The molecule has 0 unspecified atom stereocenters. The van der Waals surface area contributed by atoms with Gasteiger partial charge in [-0.2, -0.15) is 0 Å². The molecule has 0 saturated heterocycles. The Morgan fingerprint density at radius 2 is 2.08 bits per heavy atom. The molecule has 1 aromatic rings. The number of amides is 1. The Bertz CT molecular complexity index is 286. The quantitative estimate of drug-likeness (QED) is 0.449. The van der Waals surface area contributed by atoms with Crippen molar-refractivity contribution < 1.29 is 15.0 Å². The second-order valence-corrected chi connectivity index (χ2v) is 2.32. The molecule has 0 heterocycles. The van der Waals surface area contributed by atoms with Crippen LogP contribution in [0.2, 0.25) is 0 Å². The van der Waals surface area contributed by atoms with Gasteiger partial charge in [-0.05, 0) is 17.7 Å². The minimum Gasteiger partial charge on any atom is -0.504 e. The second kappa shape index (κ2) is 3.61. The van der Waals surface area contributed by atoms with Crippen molar-refractivity contribution in [2.24, 2.45) is 0 Å². The molecule has 0 aromatic heterocycles. The van der Waals surface area contributed by atoms with Gasteiger partial charge >= 0.3 is 0 Å². The first kappa shape index (κ1) is 8.39. The molecule has 0 aliphatic carbocycles. The summed E-state index contributed by atoms with van der Waals surface area (Å²) >= 11 is 0. The molecule has 0 spiro atoms. The maximum absolute atomic E-state index is 9.91. The Morgan fingerprint density at radius 3 is 2.67 bits per heavy atom. The van der Waals surface area contributed by atoms with E-state index in [1.807, 2.05) is 0 Å². The summed E-state index contributed by atoms with van der Waals surface area (Å²) in [5.74, 6) is -0.343. The number of carbonyl (C=O) groups is 1. The third-order valence-corrected chi connectivity index (χ3v) is 1.43. The summed E-state index contributed by atoms with van der Waals surface area (Å²) in [5.41, 5.74) is 0.734. The minimum atomic E-state index is -0.180. The lowest BCUT2D eigenvalue weighted by molar-refractivity contribution is -0.109. The van der Waals surface area contributed by atoms with Crippen molar-refractivity contribution in [1.29, 1.82) is 0 Å². The maximum Gasteiger partial charge on any atom is 0.207 e. The highest BCUT2D eigenvalue weighted by Gasteiger charge is 1.98. The van der Waals surface area contributed by atoms with Crippen molar-refractivity contribution in [3.63, 3.8) is 0 Å². The Morgan fingerprint density at radius 1 is 1.33 bits per heavy atom. The monoisotopic (exact) mass is 167 g/mol. The normalized spacial score (nSPS) is 9.33. The Kier molecular flexibility index (Phi) is 2.53. The van der Waals surface area contributed by atoms with E-state index in [4.69, 9.17) is 10.2 Å². The molecule has 0 radical (unpaired) electrons. The van der Waals surface area contributed by atoms with E-state index in [1.165, 1.54) is 12.1 Å². The molecule has 0 atom stereocenters. The minimum absolute atomic E-state index is 0.162. The molecule has 64 valence electrons. The van der Waals surface area contributed by atoms with E-state index in [9.17, 15) is 4.79 Å². The molecule has 0 fully saturated rings. The zero-order chi connectivity index (χ0) is 8.97. The highest BCUT2D eigenvalue weighted by molar-refractivity contribution is 5.47. The molecule has 0 bridgehead atoms. The summed E-state index contributed by atoms with van der Waals surface area (Å²) in [4.78, 5) is 9.91. The van der Waals surface area contributed by atoms with Crippen LogP contribution in [-0.2, 0) is 11.3 Å². The maximum atomic E-state index is 9.91. The van der Waals surface area contributed by atoms with Gasteiger partial charge in [-0.3, -0.25) is 4.79 Å². The van der Waals surface area contributed by atoms with E-state index < -0.39 is 0 Å². The third-order valence-electron chi connectivity index (χ3n) is 1.43. The highest BCUT2D eigenvalue weighted by Crippen LogP contribution is 2.24. The van der Waals surface area contributed by atoms with Crippen LogP contribution < -0.4 is 5.32 Å². The van der Waals surface area contributed by atoms with Crippen molar-refractivity contribution >= 4 is 6.41 Å². The molecular weight excluding hydrogens is 158 g/mol. The number of phenols is 2. The molecule has 4 nitrogen and oxygen atoms in total. The van der Waals surface area contributed by atoms with Gasteiger partial charge in [0.15, 0.2) is 11.5 Å². The lowest BCUT2D eigenvalue weighted by Crippen LogP contribution is -2.09. The number of hydrogen-bond donors (Lipinski definition) is 3. The molecule has 3 N–H and O–H groups in total. The van der Waals surface area contributed by atoms with Gasteiger partial charge in [-0.1, -0.05) is 6.07 Å². The van der Waals surface area contributed by atoms with Crippen LogP contribution in [0.4, 0.5) is 0 Å². The summed E-state index contributed by atoms with van der Waals surface area (Å²) in [6, 6.07) is 4.38. The fourth-order valence-electron chi connectivity index (χ4n) is 0.838. The van der Waals surface area contributed by atoms with Crippen LogP contribution >= 0.6 is 0 Å². The van der Waals surface area contributed by atoms with E-state index in [-0.39, 0.29) is 11.5 Å². The highest BCUT2D eigenvalue weighted by atomic mass is 16.3. The number of nitrogens with one attached hydrogen (secondary N) is 1. The molecule has 12 heavy (non-hydrogen) atoms. The molecule has 4 heteroatoms. The van der Waals surface area contributed by atoms with E-state index in [1.54, 1.807) is 6.07 Å². The fraction of sp³-hybridized carbons (Fsp3) is 0.125. The van der Waals surface area contributed by atoms with Gasteiger partial charge in [0.25, 0.3) is 0 Å². The molecular formula is C8H9NO3. The summed E-state index contributed by atoms with van der Waals surface area (Å²) < 4.78 is 0. The smallest absolute Gasteiger partial charge is 0.207 e. The number of aromatic hydroxyl groups is 2. The van der Waals surface area contributed by atoms with Crippen LogP contribution in [0.1, 0.15) is 5.56 Å². The van der Waals surface area contributed by atoms with Crippen LogP contribution in [0.25, 0.3) is 0 Å². The van der Waals surface area contributed by atoms with Gasteiger partial charge in [0.1, 0.15) is 0 Å². The Balaban J connectivity index is 2.75. The SMILES string of the molecule is O=CNCc1ccc(O)c(O)c1. The van der Waals surface area contributed by atoms with Gasteiger partial charge in [-0.25, -0.2) is 0 Å².